The standard InChI is InChI=1S/C9H8BrNO2/c1-5(12)7-2-6(10)3-8-9(7)13-4-11-8/h2-5,12H,1H3. The molecular weight excluding hydrogens is 234 g/mol. The second kappa shape index (κ2) is 3.12. The second-order valence-corrected chi connectivity index (χ2v) is 3.79. The smallest absolute Gasteiger partial charge is 0.181 e. The van der Waals surface area contributed by atoms with Crippen LogP contribution in [-0.4, -0.2) is 10.1 Å². The van der Waals surface area contributed by atoms with Gasteiger partial charge in [0.2, 0.25) is 0 Å². The predicted octanol–water partition coefficient (Wildman–Crippen LogP) is 2.64. The van der Waals surface area contributed by atoms with Crippen molar-refractivity contribution in [2.45, 2.75) is 13.0 Å². The van der Waals surface area contributed by atoms with Gasteiger partial charge in [0.25, 0.3) is 0 Å². The van der Waals surface area contributed by atoms with Crippen LogP contribution in [0, 0.1) is 0 Å². The van der Waals surface area contributed by atoms with Crippen molar-refractivity contribution in [2.75, 3.05) is 0 Å². The maximum Gasteiger partial charge on any atom is 0.181 e. The number of nitrogens with zero attached hydrogens (tertiary/aromatic N) is 1. The van der Waals surface area contributed by atoms with Gasteiger partial charge >= 0.3 is 0 Å². The molecule has 4 heteroatoms. The summed E-state index contributed by atoms with van der Waals surface area (Å²) >= 11 is 3.34. The first-order valence-electron chi connectivity index (χ1n) is 3.89. The zero-order valence-corrected chi connectivity index (χ0v) is 8.58. The molecule has 0 aliphatic carbocycles. The SMILES string of the molecule is CC(O)c1cc(Br)cc2ncoc12. The minimum Gasteiger partial charge on any atom is -0.443 e. The number of benzene rings is 1. The number of aliphatic hydroxyl groups excluding tert-OH is 1. The van der Waals surface area contributed by atoms with E-state index in [9.17, 15) is 5.11 Å². The molecule has 1 atom stereocenters. The predicted molar refractivity (Wildman–Crippen MR) is 52.3 cm³/mol. The Balaban J connectivity index is 2.77. The van der Waals surface area contributed by atoms with E-state index in [1.807, 2.05) is 12.1 Å². The van der Waals surface area contributed by atoms with Crippen LogP contribution in [0.4, 0.5) is 0 Å². The normalized spacial score (nSPS) is 13.5. The number of rotatable bonds is 1. The van der Waals surface area contributed by atoms with Crippen LogP contribution in [0.25, 0.3) is 11.1 Å². The molecule has 0 aliphatic heterocycles. The molecule has 2 rings (SSSR count). The molecule has 2 aromatic rings. The fraction of sp³-hybridized carbons (Fsp3) is 0.222. The lowest BCUT2D eigenvalue weighted by atomic mass is 10.1. The van der Waals surface area contributed by atoms with Gasteiger partial charge in [-0.2, -0.15) is 0 Å². The second-order valence-electron chi connectivity index (χ2n) is 2.87. The van der Waals surface area contributed by atoms with E-state index >= 15 is 0 Å². The number of hydrogen-bond acceptors (Lipinski definition) is 3. The number of aliphatic hydroxyl groups is 1. The molecule has 1 heterocycles. The lowest BCUT2D eigenvalue weighted by molar-refractivity contribution is 0.199. The molecule has 0 amide bonds. The first-order valence-corrected chi connectivity index (χ1v) is 4.68. The Kier molecular flexibility index (Phi) is 2.09. The molecule has 0 radical (unpaired) electrons. The number of aromatic nitrogens is 1. The van der Waals surface area contributed by atoms with Gasteiger partial charge in [-0.1, -0.05) is 15.9 Å². The summed E-state index contributed by atoms with van der Waals surface area (Å²) in [5.41, 5.74) is 2.16. The number of fused-ring (bicyclic) bond motifs is 1. The monoisotopic (exact) mass is 241 g/mol. The van der Waals surface area contributed by atoms with E-state index in [4.69, 9.17) is 4.42 Å². The Morgan fingerprint density at radius 3 is 3.00 bits per heavy atom. The van der Waals surface area contributed by atoms with Crippen molar-refractivity contribution < 1.29 is 9.52 Å². The highest BCUT2D eigenvalue weighted by Gasteiger charge is 2.11. The van der Waals surface area contributed by atoms with Gasteiger partial charge in [0, 0.05) is 10.0 Å². The lowest BCUT2D eigenvalue weighted by Gasteiger charge is -2.04. The van der Waals surface area contributed by atoms with Crippen molar-refractivity contribution in [2.24, 2.45) is 0 Å². The zero-order valence-electron chi connectivity index (χ0n) is 6.99. The van der Waals surface area contributed by atoms with Crippen molar-refractivity contribution in [3.63, 3.8) is 0 Å². The molecule has 0 bridgehead atoms. The Morgan fingerprint density at radius 1 is 1.54 bits per heavy atom. The summed E-state index contributed by atoms with van der Waals surface area (Å²) < 4.78 is 6.07. The van der Waals surface area contributed by atoms with Crippen LogP contribution >= 0.6 is 15.9 Å². The zero-order chi connectivity index (χ0) is 9.42. The number of oxazole rings is 1. The quantitative estimate of drug-likeness (QED) is 0.836. The Morgan fingerprint density at radius 2 is 2.31 bits per heavy atom. The van der Waals surface area contributed by atoms with Crippen molar-refractivity contribution in [1.82, 2.24) is 4.98 Å². The van der Waals surface area contributed by atoms with Gasteiger partial charge in [0.15, 0.2) is 12.0 Å². The maximum absolute atomic E-state index is 9.46. The molecular formula is C9H8BrNO2. The van der Waals surface area contributed by atoms with Crippen LogP contribution in [-0.2, 0) is 0 Å². The fourth-order valence-corrected chi connectivity index (χ4v) is 1.73. The maximum atomic E-state index is 9.46. The first kappa shape index (κ1) is 8.72. The lowest BCUT2D eigenvalue weighted by Crippen LogP contribution is -1.91. The molecule has 1 unspecified atom stereocenters. The number of halogens is 1. The molecule has 1 aromatic heterocycles. The van der Waals surface area contributed by atoms with Gasteiger partial charge in [-0.15, -0.1) is 0 Å². The molecule has 0 saturated heterocycles. The van der Waals surface area contributed by atoms with Crippen LogP contribution in [0.2, 0.25) is 0 Å². The third-order valence-electron chi connectivity index (χ3n) is 1.88. The summed E-state index contributed by atoms with van der Waals surface area (Å²) in [4.78, 5) is 4.01. The summed E-state index contributed by atoms with van der Waals surface area (Å²) in [7, 11) is 0. The van der Waals surface area contributed by atoms with Crippen LogP contribution in [0.3, 0.4) is 0 Å². The van der Waals surface area contributed by atoms with E-state index in [1.165, 1.54) is 6.39 Å². The van der Waals surface area contributed by atoms with E-state index in [0.29, 0.717) is 5.58 Å². The van der Waals surface area contributed by atoms with E-state index in [0.717, 1.165) is 15.6 Å². The van der Waals surface area contributed by atoms with E-state index in [-0.39, 0.29) is 0 Å². The van der Waals surface area contributed by atoms with Crippen LogP contribution in [0.1, 0.15) is 18.6 Å². The first-order chi connectivity index (χ1) is 6.18. The Bertz CT molecular complexity index is 436. The minimum absolute atomic E-state index is 0.548. The molecule has 0 saturated carbocycles. The molecule has 13 heavy (non-hydrogen) atoms. The van der Waals surface area contributed by atoms with Gasteiger partial charge in [-0.3, -0.25) is 0 Å². The van der Waals surface area contributed by atoms with Crippen LogP contribution in [0.15, 0.2) is 27.4 Å². The van der Waals surface area contributed by atoms with Crippen molar-refractivity contribution in [3.8, 4) is 0 Å². The topological polar surface area (TPSA) is 46.3 Å². The van der Waals surface area contributed by atoms with Crippen LogP contribution in [0.5, 0.6) is 0 Å². The minimum atomic E-state index is -0.548. The highest BCUT2D eigenvalue weighted by atomic mass is 79.9. The summed E-state index contributed by atoms with van der Waals surface area (Å²) in [6, 6.07) is 3.68. The molecule has 0 aliphatic rings. The Labute approximate surface area is 83.5 Å². The van der Waals surface area contributed by atoms with Gasteiger partial charge in [0.05, 0.1) is 6.10 Å². The molecule has 3 nitrogen and oxygen atoms in total. The Hall–Kier alpha value is -0.870. The van der Waals surface area contributed by atoms with Gasteiger partial charge < -0.3 is 9.52 Å². The summed E-state index contributed by atoms with van der Waals surface area (Å²) in [5, 5.41) is 9.46. The summed E-state index contributed by atoms with van der Waals surface area (Å²) in [6.07, 6.45) is 0.830. The molecule has 1 N–H and O–H groups in total. The van der Waals surface area contributed by atoms with Crippen molar-refractivity contribution >= 4 is 27.0 Å². The van der Waals surface area contributed by atoms with Crippen LogP contribution < -0.4 is 0 Å². The van der Waals surface area contributed by atoms with E-state index < -0.39 is 6.10 Å². The largest absolute Gasteiger partial charge is 0.443 e. The highest BCUT2D eigenvalue weighted by molar-refractivity contribution is 9.10. The van der Waals surface area contributed by atoms with Gasteiger partial charge in [0.1, 0.15) is 5.52 Å². The molecule has 68 valence electrons. The van der Waals surface area contributed by atoms with Crippen molar-refractivity contribution in [3.05, 3.63) is 28.6 Å². The third kappa shape index (κ3) is 1.47. The summed E-state index contributed by atoms with van der Waals surface area (Å²) in [6.45, 7) is 1.70. The third-order valence-corrected chi connectivity index (χ3v) is 2.33. The highest BCUT2D eigenvalue weighted by Crippen LogP contribution is 2.27. The molecule has 1 aromatic carbocycles. The van der Waals surface area contributed by atoms with E-state index in [2.05, 4.69) is 20.9 Å². The van der Waals surface area contributed by atoms with E-state index in [1.54, 1.807) is 6.92 Å². The average Bonchev–Trinajstić information content (AvgIpc) is 2.49. The molecule has 0 spiro atoms. The number of hydrogen-bond donors (Lipinski definition) is 1. The van der Waals surface area contributed by atoms with Gasteiger partial charge in [-0.05, 0) is 19.1 Å². The van der Waals surface area contributed by atoms with Gasteiger partial charge in [-0.25, -0.2) is 4.98 Å². The summed E-state index contributed by atoms with van der Waals surface area (Å²) in [5.74, 6) is 0. The fourth-order valence-electron chi connectivity index (χ4n) is 1.27. The molecule has 0 fully saturated rings. The van der Waals surface area contributed by atoms with Crippen molar-refractivity contribution in [1.29, 1.82) is 0 Å². The average molecular weight is 242 g/mol.